The Morgan fingerprint density at radius 2 is 1.73 bits per heavy atom. The Balaban J connectivity index is 0.00000320. The lowest BCUT2D eigenvalue weighted by Gasteiger charge is -2.41. The van der Waals surface area contributed by atoms with E-state index in [1.807, 2.05) is 29.2 Å². The first-order chi connectivity index (χ1) is 17.6. The molecule has 37 heavy (non-hydrogen) atoms. The Labute approximate surface area is 220 Å². The molecule has 1 aliphatic heterocycles. The summed E-state index contributed by atoms with van der Waals surface area (Å²) in [5.74, 6) is 0.487. The van der Waals surface area contributed by atoms with Crippen LogP contribution in [0.4, 0.5) is 20.7 Å². The number of anilines is 2. The van der Waals surface area contributed by atoms with E-state index < -0.39 is 0 Å². The summed E-state index contributed by atoms with van der Waals surface area (Å²) >= 11 is 0. The average Bonchev–Trinajstić information content (AvgIpc) is 2.93. The molecule has 5 rings (SSSR count). The molecule has 2 amide bonds. The van der Waals surface area contributed by atoms with E-state index in [1.165, 1.54) is 12.1 Å². The van der Waals surface area contributed by atoms with Crippen LogP contribution in [-0.4, -0.2) is 46.8 Å². The Hall–Kier alpha value is -4.22. The second-order valence-electron chi connectivity index (χ2n) is 8.75. The van der Waals surface area contributed by atoms with Gasteiger partial charge in [0, 0.05) is 41.7 Å². The molecule has 1 atom stereocenters. The van der Waals surface area contributed by atoms with Gasteiger partial charge in [0.15, 0.2) is 5.82 Å². The highest BCUT2D eigenvalue weighted by Crippen LogP contribution is 2.32. The minimum Gasteiger partial charge on any atom is -0.351 e. The van der Waals surface area contributed by atoms with Crippen LogP contribution in [0.3, 0.4) is 0 Å². The third-order valence-corrected chi connectivity index (χ3v) is 6.57. The fraction of sp³-hybridized carbons (Fsp3) is 0.214. The van der Waals surface area contributed by atoms with Crippen LogP contribution >= 0.6 is 12.4 Å². The number of piperazine rings is 1. The van der Waals surface area contributed by atoms with E-state index in [4.69, 9.17) is 5.26 Å². The maximum Gasteiger partial charge on any atom is 0.322 e. The number of hydrogen-bond donors (Lipinski definition) is 1. The predicted octanol–water partition coefficient (Wildman–Crippen LogP) is 5.86. The van der Waals surface area contributed by atoms with Gasteiger partial charge in [-0.1, -0.05) is 31.2 Å². The number of aromatic nitrogens is 2. The van der Waals surface area contributed by atoms with Crippen molar-refractivity contribution in [3.05, 3.63) is 84.2 Å². The maximum atomic E-state index is 13.4. The van der Waals surface area contributed by atoms with Gasteiger partial charge in [-0.15, -0.1) is 22.6 Å². The average molecular weight is 517 g/mol. The Kier molecular flexibility index (Phi) is 7.85. The molecule has 1 unspecified atom stereocenters. The summed E-state index contributed by atoms with van der Waals surface area (Å²) in [5.41, 5.74) is 2.72. The lowest BCUT2D eigenvalue weighted by atomic mass is 10.0. The summed E-state index contributed by atoms with van der Waals surface area (Å²) in [6, 6.07) is 23.0. The van der Waals surface area contributed by atoms with Crippen LogP contribution in [-0.2, 0) is 0 Å². The highest BCUT2D eigenvalue weighted by atomic mass is 35.5. The van der Waals surface area contributed by atoms with E-state index in [0.717, 1.165) is 28.6 Å². The molecule has 0 bridgehead atoms. The zero-order valence-electron chi connectivity index (χ0n) is 20.3. The van der Waals surface area contributed by atoms with Gasteiger partial charge in [0.2, 0.25) is 0 Å². The number of amides is 2. The molecule has 1 N–H and O–H groups in total. The maximum absolute atomic E-state index is 13.4. The van der Waals surface area contributed by atoms with Crippen molar-refractivity contribution in [2.24, 2.45) is 0 Å². The monoisotopic (exact) mass is 516 g/mol. The third-order valence-electron chi connectivity index (χ3n) is 6.57. The van der Waals surface area contributed by atoms with Crippen LogP contribution in [0.1, 0.15) is 18.9 Å². The van der Waals surface area contributed by atoms with Gasteiger partial charge in [-0.3, -0.25) is 0 Å². The lowest BCUT2D eigenvalue weighted by Crippen LogP contribution is -2.56. The SMILES string of the molecule is CCC1CN(c2nnc(-c3ccc(F)cc3)c3ccccc23)CCN1C(=O)Nc1ccc(C#N)cc1.Cl. The summed E-state index contributed by atoms with van der Waals surface area (Å²) in [7, 11) is 0. The molecule has 188 valence electrons. The molecule has 3 aromatic carbocycles. The Morgan fingerprint density at radius 1 is 1.03 bits per heavy atom. The molecule has 7 nitrogen and oxygen atoms in total. The van der Waals surface area contributed by atoms with Gasteiger partial charge in [0.25, 0.3) is 0 Å². The molecule has 0 saturated carbocycles. The molecule has 2 heterocycles. The summed E-state index contributed by atoms with van der Waals surface area (Å²) in [5, 5.41) is 23.0. The van der Waals surface area contributed by atoms with Crippen molar-refractivity contribution in [2.45, 2.75) is 19.4 Å². The first-order valence-electron chi connectivity index (χ1n) is 11.9. The van der Waals surface area contributed by atoms with Crippen molar-refractivity contribution in [1.82, 2.24) is 15.1 Å². The van der Waals surface area contributed by atoms with Gasteiger partial charge in [-0.2, -0.15) is 5.26 Å². The smallest absolute Gasteiger partial charge is 0.322 e. The summed E-state index contributed by atoms with van der Waals surface area (Å²) < 4.78 is 13.4. The Morgan fingerprint density at radius 3 is 2.41 bits per heavy atom. The normalized spacial score (nSPS) is 15.1. The number of carbonyl (C=O) groups excluding carboxylic acids is 1. The number of hydrogen-bond acceptors (Lipinski definition) is 5. The van der Waals surface area contributed by atoms with Crippen molar-refractivity contribution in [1.29, 1.82) is 5.26 Å². The first-order valence-corrected chi connectivity index (χ1v) is 11.9. The van der Waals surface area contributed by atoms with Gasteiger partial charge in [0.1, 0.15) is 11.5 Å². The molecular weight excluding hydrogens is 491 g/mol. The zero-order chi connectivity index (χ0) is 25.1. The quantitative estimate of drug-likeness (QED) is 0.367. The number of nitrogens with one attached hydrogen (secondary N) is 1. The topological polar surface area (TPSA) is 85.2 Å². The number of benzene rings is 3. The number of nitriles is 1. The van der Waals surface area contributed by atoms with E-state index in [9.17, 15) is 9.18 Å². The molecule has 9 heteroatoms. The molecular formula is C28H26ClFN6O. The van der Waals surface area contributed by atoms with Gasteiger partial charge in [0.05, 0.1) is 17.7 Å². The highest BCUT2D eigenvalue weighted by molar-refractivity contribution is 6.00. The molecule has 1 saturated heterocycles. The number of rotatable bonds is 4. The van der Waals surface area contributed by atoms with Crippen LogP contribution in [0.2, 0.25) is 0 Å². The molecule has 0 aliphatic carbocycles. The summed E-state index contributed by atoms with van der Waals surface area (Å²) in [4.78, 5) is 17.1. The summed E-state index contributed by atoms with van der Waals surface area (Å²) in [6.07, 6.45) is 0.788. The molecule has 1 aromatic heterocycles. The molecule has 4 aromatic rings. The van der Waals surface area contributed by atoms with Gasteiger partial charge in [-0.05, 0) is 55.0 Å². The minimum atomic E-state index is -0.292. The molecule has 1 aliphatic rings. The van der Waals surface area contributed by atoms with Gasteiger partial charge < -0.3 is 15.1 Å². The van der Waals surface area contributed by atoms with Crippen molar-refractivity contribution in [3.63, 3.8) is 0 Å². The van der Waals surface area contributed by atoms with Gasteiger partial charge in [-0.25, -0.2) is 9.18 Å². The van der Waals surface area contributed by atoms with Crippen LogP contribution in [0.15, 0.2) is 72.8 Å². The van der Waals surface area contributed by atoms with Crippen LogP contribution in [0, 0.1) is 17.1 Å². The summed E-state index contributed by atoms with van der Waals surface area (Å²) in [6.45, 7) is 3.85. The van der Waals surface area contributed by atoms with E-state index in [1.54, 1.807) is 36.4 Å². The first kappa shape index (κ1) is 25.9. The second kappa shape index (κ2) is 11.2. The fourth-order valence-corrected chi connectivity index (χ4v) is 4.63. The third kappa shape index (κ3) is 5.32. The van der Waals surface area contributed by atoms with E-state index in [-0.39, 0.29) is 30.3 Å². The Bertz CT molecular complexity index is 1440. The van der Waals surface area contributed by atoms with Gasteiger partial charge >= 0.3 is 6.03 Å². The number of fused-ring (bicyclic) bond motifs is 1. The van der Waals surface area contributed by atoms with Crippen molar-refractivity contribution in [2.75, 3.05) is 29.9 Å². The predicted molar refractivity (Wildman–Crippen MR) is 145 cm³/mol. The standard InChI is InChI=1S/C28H25FN6O.ClH/c1-2-23-18-34(15-16-35(23)28(36)31-22-13-7-19(17-30)8-14-22)27-25-6-4-3-5-24(25)26(32-33-27)20-9-11-21(29)12-10-20;/h3-14,23H,2,15-16,18H2,1H3,(H,31,36);1H. The highest BCUT2D eigenvalue weighted by Gasteiger charge is 2.31. The van der Waals surface area contributed by atoms with Crippen molar-refractivity contribution >= 4 is 40.7 Å². The van der Waals surface area contributed by atoms with Crippen LogP contribution in [0.25, 0.3) is 22.0 Å². The molecule has 1 fully saturated rings. The lowest BCUT2D eigenvalue weighted by molar-refractivity contribution is 0.176. The fourth-order valence-electron chi connectivity index (χ4n) is 4.63. The number of urea groups is 1. The van der Waals surface area contributed by atoms with Crippen molar-refractivity contribution < 1.29 is 9.18 Å². The van der Waals surface area contributed by atoms with Crippen LogP contribution < -0.4 is 10.2 Å². The molecule has 0 radical (unpaired) electrons. The number of halogens is 2. The second-order valence-corrected chi connectivity index (χ2v) is 8.75. The largest absolute Gasteiger partial charge is 0.351 e. The zero-order valence-corrected chi connectivity index (χ0v) is 21.1. The van der Waals surface area contributed by atoms with E-state index in [2.05, 4.69) is 33.4 Å². The van der Waals surface area contributed by atoms with E-state index in [0.29, 0.717) is 36.6 Å². The number of carbonyl (C=O) groups is 1. The van der Waals surface area contributed by atoms with Crippen LogP contribution in [0.5, 0.6) is 0 Å². The molecule has 0 spiro atoms. The minimum absolute atomic E-state index is 0. The van der Waals surface area contributed by atoms with Crippen molar-refractivity contribution in [3.8, 4) is 17.3 Å². The van der Waals surface area contributed by atoms with E-state index >= 15 is 0 Å². The number of nitrogens with zero attached hydrogens (tertiary/aromatic N) is 5.